The average molecular weight is 375 g/mol. The summed E-state index contributed by atoms with van der Waals surface area (Å²) < 4.78 is 5.70. The van der Waals surface area contributed by atoms with Crippen molar-refractivity contribution in [3.63, 3.8) is 0 Å². The van der Waals surface area contributed by atoms with Crippen LogP contribution in [0.5, 0.6) is 0 Å². The Hall–Kier alpha value is -2.73. The van der Waals surface area contributed by atoms with Crippen LogP contribution in [0, 0.1) is 0 Å². The van der Waals surface area contributed by atoms with Crippen molar-refractivity contribution in [1.29, 1.82) is 0 Å². The van der Waals surface area contributed by atoms with E-state index in [2.05, 4.69) is 56.3 Å². The van der Waals surface area contributed by atoms with E-state index in [4.69, 9.17) is 9.51 Å². The van der Waals surface area contributed by atoms with E-state index >= 15 is 0 Å². The number of aromatic nitrogens is 3. The highest BCUT2D eigenvalue weighted by atomic mass is 16.5. The highest BCUT2D eigenvalue weighted by Crippen LogP contribution is 2.33. The molecule has 6 nitrogen and oxygen atoms in total. The molecular formula is C22H25N5O. The Labute approximate surface area is 165 Å². The lowest BCUT2D eigenvalue weighted by Gasteiger charge is -2.21. The molecule has 2 aliphatic rings. The Balaban J connectivity index is 1.35. The van der Waals surface area contributed by atoms with Gasteiger partial charge in [0.25, 0.3) is 0 Å². The first kappa shape index (κ1) is 17.4. The molecular weight excluding hydrogens is 350 g/mol. The first-order valence-corrected chi connectivity index (χ1v) is 10.2. The molecule has 1 unspecified atom stereocenters. The van der Waals surface area contributed by atoms with E-state index in [0.29, 0.717) is 5.82 Å². The van der Waals surface area contributed by atoms with Crippen molar-refractivity contribution in [3.8, 4) is 11.4 Å². The number of likely N-dealkylation sites (tertiary alicyclic amines) is 1. The molecule has 144 valence electrons. The molecule has 0 amide bonds. The molecule has 1 atom stereocenters. The summed E-state index contributed by atoms with van der Waals surface area (Å²) in [6, 6.07) is 14.8. The summed E-state index contributed by atoms with van der Waals surface area (Å²) in [6.07, 6.45) is 6.53. The molecule has 4 heterocycles. The van der Waals surface area contributed by atoms with Crippen molar-refractivity contribution in [2.24, 2.45) is 0 Å². The zero-order chi connectivity index (χ0) is 18.8. The number of nitrogens with zero attached hydrogens (tertiary/aromatic N) is 5. The molecule has 3 aromatic rings. The molecule has 2 fully saturated rings. The minimum atomic E-state index is 0.196. The molecule has 0 saturated carbocycles. The molecule has 0 spiro atoms. The Bertz CT molecular complexity index is 919. The lowest BCUT2D eigenvalue weighted by atomic mass is 10.2. The zero-order valence-electron chi connectivity index (χ0n) is 16.0. The summed E-state index contributed by atoms with van der Waals surface area (Å²) in [7, 11) is 0. The minimum absolute atomic E-state index is 0.196. The van der Waals surface area contributed by atoms with Gasteiger partial charge in [-0.05, 0) is 49.9 Å². The van der Waals surface area contributed by atoms with Crippen LogP contribution in [0.3, 0.4) is 0 Å². The predicted octanol–water partition coefficient (Wildman–Crippen LogP) is 4.07. The SMILES string of the molecule is c1ccc(CN2CCCC2c2nc(-c3ccnc(N4CCCC4)c3)no2)cc1. The van der Waals surface area contributed by atoms with Crippen LogP contribution in [0.2, 0.25) is 0 Å². The monoisotopic (exact) mass is 375 g/mol. The molecule has 0 aliphatic carbocycles. The van der Waals surface area contributed by atoms with Crippen LogP contribution < -0.4 is 4.90 Å². The van der Waals surface area contributed by atoms with E-state index in [1.54, 1.807) is 0 Å². The maximum Gasteiger partial charge on any atom is 0.244 e. The van der Waals surface area contributed by atoms with Gasteiger partial charge in [-0.25, -0.2) is 4.98 Å². The van der Waals surface area contributed by atoms with Crippen LogP contribution in [-0.4, -0.2) is 39.7 Å². The fourth-order valence-corrected chi connectivity index (χ4v) is 4.28. The van der Waals surface area contributed by atoms with Gasteiger partial charge in [0.15, 0.2) is 0 Å². The van der Waals surface area contributed by atoms with E-state index in [0.717, 1.165) is 56.3 Å². The normalized spacial score (nSPS) is 20.1. The van der Waals surface area contributed by atoms with Gasteiger partial charge < -0.3 is 9.42 Å². The van der Waals surface area contributed by atoms with Crippen LogP contribution in [0.15, 0.2) is 53.2 Å². The molecule has 28 heavy (non-hydrogen) atoms. The van der Waals surface area contributed by atoms with Crippen molar-refractivity contribution in [2.75, 3.05) is 24.5 Å². The number of benzene rings is 1. The first-order chi connectivity index (χ1) is 13.9. The standard InChI is InChI=1S/C22H25N5O/c1-2-7-17(8-3-1)16-27-14-6-9-19(27)22-24-21(25-28-22)18-10-11-23-20(15-18)26-12-4-5-13-26/h1-3,7-8,10-11,15,19H,4-6,9,12-14,16H2. The lowest BCUT2D eigenvalue weighted by molar-refractivity contribution is 0.201. The van der Waals surface area contributed by atoms with Gasteiger partial charge in [-0.3, -0.25) is 4.90 Å². The van der Waals surface area contributed by atoms with E-state index in [-0.39, 0.29) is 6.04 Å². The minimum Gasteiger partial charge on any atom is -0.357 e. The maximum atomic E-state index is 5.70. The summed E-state index contributed by atoms with van der Waals surface area (Å²) in [5.41, 5.74) is 2.29. The van der Waals surface area contributed by atoms with Crippen molar-refractivity contribution < 1.29 is 4.52 Å². The van der Waals surface area contributed by atoms with E-state index < -0.39 is 0 Å². The van der Waals surface area contributed by atoms with Gasteiger partial charge in [-0.15, -0.1) is 0 Å². The Morgan fingerprint density at radius 1 is 1.00 bits per heavy atom. The summed E-state index contributed by atoms with van der Waals surface area (Å²) in [5.74, 6) is 2.39. The number of pyridine rings is 1. The molecule has 2 aliphatic heterocycles. The Kier molecular flexibility index (Phi) is 4.79. The molecule has 2 saturated heterocycles. The summed E-state index contributed by atoms with van der Waals surface area (Å²) in [5, 5.41) is 4.28. The fraction of sp³-hybridized carbons (Fsp3) is 0.409. The lowest BCUT2D eigenvalue weighted by Crippen LogP contribution is -2.23. The van der Waals surface area contributed by atoms with Gasteiger partial charge in [-0.2, -0.15) is 4.98 Å². The van der Waals surface area contributed by atoms with Gasteiger partial charge >= 0.3 is 0 Å². The molecule has 0 radical (unpaired) electrons. The summed E-state index contributed by atoms with van der Waals surface area (Å²) in [6.45, 7) is 4.12. The summed E-state index contributed by atoms with van der Waals surface area (Å²) >= 11 is 0. The van der Waals surface area contributed by atoms with Crippen LogP contribution in [-0.2, 0) is 6.54 Å². The second kappa shape index (κ2) is 7.72. The van der Waals surface area contributed by atoms with Gasteiger partial charge in [0, 0.05) is 31.4 Å². The number of hydrogen-bond acceptors (Lipinski definition) is 6. The van der Waals surface area contributed by atoms with E-state index in [1.807, 2.05) is 12.3 Å². The number of anilines is 1. The second-order valence-corrected chi connectivity index (χ2v) is 7.67. The third-order valence-corrected chi connectivity index (χ3v) is 5.75. The number of rotatable bonds is 5. The maximum absolute atomic E-state index is 5.70. The third-order valence-electron chi connectivity index (χ3n) is 5.75. The van der Waals surface area contributed by atoms with Crippen molar-refractivity contribution in [1.82, 2.24) is 20.0 Å². The Morgan fingerprint density at radius 2 is 1.86 bits per heavy atom. The highest BCUT2D eigenvalue weighted by Gasteiger charge is 2.31. The molecule has 6 heteroatoms. The van der Waals surface area contributed by atoms with Crippen molar-refractivity contribution in [2.45, 2.75) is 38.3 Å². The van der Waals surface area contributed by atoms with E-state index in [9.17, 15) is 0 Å². The Morgan fingerprint density at radius 3 is 2.71 bits per heavy atom. The largest absolute Gasteiger partial charge is 0.357 e. The predicted molar refractivity (Wildman–Crippen MR) is 108 cm³/mol. The van der Waals surface area contributed by atoms with Gasteiger partial charge in [0.05, 0.1) is 6.04 Å². The molecule has 0 bridgehead atoms. The van der Waals surface area contributed by atoms with Crippen LogP contribution in [0.25, 0.3) is 11.4 Å². The smallest absolute Gasteiger partial charge is 0.244 e. The topological polar surface area (TPSA) is 58.3 Å². The second-order valence-electron chi connectivity index (χ2n) is 7.67. The van der Waals surface area contributed by atoms with Crippen LogP contribution in [0.1, 0.15) is 43.2 Å². The van der Waals surface area contributed by atoms with Crippen molar-refractivity contribution >= 4 is 5.82 Å². The van der Waals surface area contributed by atoms with Gasteiger partial charge in [0.2, 0.25) is 11.7 Å². The first-order valence-electron chi connectivity index (χ1n) is 10.2. The average Bonchev–Trinajstić information content (AvgIpc) is 3.50. The molecule has 1 aromatic carbocycles. The van der Waals surface area contributed by atoms with Crippen molar-refractivity contribution in [3.05, 3.63) is 60.1 Å². The summed E-state index contributed by atoms with van der Waals surface area (Å²) in [4.78, 5) is 14.0. The number of hydrogen-bond donors (Lipinski definition) is 0. The van der Waals surface area contributed by atoms with Crippen LogP contribution in [0.4, 0.5) is 5.82 Å². The zero-order valence-corrected chi connectivity index (χ0v) is 16.0. The molecule has 0 N–H and O–H groups in total. The van der Waals surface area contributed by atoms with E-state index in [1.165, 1.54) is 18.4 Å². The highest BCUT2D eigenvalue weighted by molar-refractivity contribution is 5.59. The fourth-order valence-electron chi connectivity index (χ4n) is 4.28. The van der Waals surface area contributed by atoms with Gasteiger partial charge in [-0.1, -0.05) is 35.5 Å². The quantitative estimate of drug-likeness (QED) is 0.670. The molecule has 5 rings (SSSR count). The molecule has 2 aromatic heterocycles. The van der Waals surface area contributed by atoms with Gasteiger partial charge in [0.1, 0.15) is 5.82 Å². The van der Waals surface area contributed by atoms with Crippen LogP contribution >= 0.6 is 0 Å². The third kappa shape index (κ3) is 3.52.